The third kappa shape index (κ3) is 3.40. The van der Waals surface area contributed by atoms with Crippen molar-refractivity contribution in [3.8, 4) is 5.75 Å². The van der Waals surface area contributed by atoms with Crippen LogP contribution in [0, 0.1) is 0 Å². The standard InChI is InChI=1S/C18H26N2O4S/c1-17(2)12-14(13-6-4-5-7-15(13)24-17)20-16(21)18(25(3,22)23)8-10-19-11-9-18/h4-7,14,19H,8-12H2,1-3H3,(H,20,21). The quantitative estimate of drug-likeness (QED) is 0.848. The highest BCUT2D eigenvalue weighted by Crippen LogP contribution is 2.40. The summed E-state index contributed by atoms with van der Waals surface area (Å²) >= 11 is 0. The molecule has 1 fully saturated rings. The lowest BCUT2D eigenvalue weighted by Crippen LogP contribution is -2.58. The molecule has 6 nitrogen and oxygen atoms in total. The molecule has 0 radical (unpaired) electrons. The van der Waals surface area contributed by atoms with E-state index < -0.39 is 26.1 Å². The van der Waals surface area contributed by atoms with Crippen LogP contribution in [0.25, 0.3) is 0 Å². The normalized spacial score (nSPS) is 24.7. The summed E-state index contributed by atoms with van der Waals surface area (Å²) in [5, 5.41) is 6.16. The number of carbonyl (C=O) groups is 1. The van der Waals surface area contributed by atoms with E-state index in [0.29, 0.717) is 32.4 Å². The molecule has 138 valence electrons. The molecule has 7 heteroatoms. The summed E-state index contributed by atoms with van der Waals surface area (Å²) in [5.74, 6) is 0.344. The van der Waals surface area contributed by atoms with Crippen molar-refractivity contribution in [3.05, 3.63) is 29.8 Å². The van der Waals surface area contributed by atoms with E-state index in [2.05, 4.69) is 10.6 Å². The van der Waals surface area contributed by atoms with Gasteiger partial charge in [0.05, 0.1) is 6.04 Å². The fourth-order valence-electron chi connectivity index (χ4n) is 3.82. The van der Waals surface area contributed by atoms with E-state index in [1.54, 1.807) is 0 Å². The molecular weight excluding hydrogens is 340 g/mol. The maximum absolute atomic E-state index is 13.1. The molecule has 1 amide bonds. The molecule has 2 heterocycles. The Morgan fingerprint density at radius 2 is 1.88 bits per heavy atom. The highest BCUT2D eigenvalue weighted by Gasteiger charge is 2.49. The molecule has 3 rings (SSSR count). The molecule has 25 heavy (non-hydrogen) atoms. The third-order valence-electron chi connectivity index (χ3n) is 5.22. The number of sulfone groups is 1. The Labute approximate surface area is 149 Å². The molecule has 1 aromatic rings. The zero-order chi connectivity index (χ0) is 18.3. The number of nitrogens with one attached hydrogen (secondary N) is 2. The average Bonchev–Trinajstić information content (AvgIpc) is 2.53. The third-order valence-corrected chi connectivity index (χ3v) is 7.23. The molecule has 2 N–H and O–H groups in total. The van der Waals surface area contributed by atoms with Crippen LogP contribution < -0.4 is 15.4 Å². The van der Waals surface area contributed by atoms with Crippen LogP contribution >= 0.6 is 0 Å². The Balaban J connectivity index is 1.92. The van der Waals surface area contributed by atoms with Gasteiger partial charge in [0.15, 0.2) is 14.6 Å². The average molecular weight is 366 g/mol. The summed E-state index contributed by atoms with van der Waals surface area (Å²) in [5.41, 5.74) is 0.464. The lowest BCUT2D eigenvalue weighted by Gasteiger charge is -2.40. The Morgan fingerprint density at radius 1 is 1.24 bits per heavy atom. The maximum atomic E-state index is 13.1. The molecule has 1 saturated heterocycles. The largest absolute Gasteiger partial charge is 0.487 e. The fraction of sp³-hybridized carbons (Fsp3) is 0.611. The number of piperidine rings is 1. The van der Waals surface area contributed by atoms with E-state index in [-0.39, 0.29) is 6.04 Å². The van der Waals surface area contributed by atoms with Gasteiger partial charge in [0.1, 0.15) is 11.4 Å². The van der Waals surface area contributed by atoms with Crippen molar-refractivity contribution in [1.82, 2.24) is 10.6 Å². The van der Waals surface area contributed by atoms with Crippen LogP contribution in [0.1, 0.15) is 44.7 Å². The summed E-state index contributed by atoms with van der Waals surface area (Å²) in [6.45, 7) is 4.99. The summed E-state index contributed by atoms with van der Waals surface area (Å²) < 4.78 is 29.5. The molecule has 0 aliphatic carbocycles. The number of rotatable bonds is 3. The van der Waals surface area contributed by atoms with Gasteiger partial charge in [-0.05, 0) is 45.8 Å². The van der Waals surface area contributed by atoms with Gasteiger partial charge in [-0.1, -0.05) is 18.2 Å². The summed E-state index contributed by atoms with van der Waals surface area (Å²) in [7, 11) is -3.53. The Kier molecular flexibility index (Phi) is 4.58. The Morgan fingerprint density at radius 3 is 2.52 bits per heavy atom. The van der Waals surface area contributed by atoms with Gasteiger partial charge in [-0.25, -0.2) is 8.42 Å². The number of carbonyl (C=O) groups excluding carboxylic acids is 1. The van der Waals surface area contributed by atoms with E-state index in [4.69, 9.17) is 4.74 Å². The maximum Gasteiger partial charge on any atom is 0.242 e. The van der Waals surface area contributed by atoms with E-state index >= 15 is 0 Å². The first-order valence-corrected chi connectivity index (χ1v) is 10.5. The van der Waals surface area contributed by atoms with Crippen LogP contribution in [0.4, 0.5) is 0 Å². The van der Waals surface area contributed by atoms with Crippen LogP contribution in [0.5, 0.6) is 5.75 Å². The van der Waals surface area contributed by atoms with Gasteiger partial charge in [0, 0.05) is 18.2 Å². The number of hydrogen-bond acceptors (Lipinski definition) is 5. The zero-order valence-corrected chi connectivity index (χ0v) is 15.8. The Hall–Kier alpha value is -1.60. The number of ether oxygens (including phenoxy) is 1. The van der Waals surface area contributed by atoms with E-state index in [1.165, 1.54) is 6.26 Å². The molecule has 1 unspecified atom stereocenters. The highest BCUT2D eigenvalue weighted by atomic mass is 32.2. The van der Waals surface area contributed by atoms with Crippen LogP contribution in [0.15, 0.2) is 24.3 Å². The second-order valence-corrected chi connectivity index (χ2v) is 9.97. The Bertz CT molecular complexity index is 767. The molecule has 0 spiro atoms. The predicted octanol–water partition coefficient (Wildman–Crippen LogP) is 1.57. The lowest BCUT2D eigenvalue weighted by molar-refractivity contribution is -0.125. The molecule has 2 aliphatic heterocycles. The van der Waals surface area contributed by atoms with Gasteiger partial charge < -0.3 is 15.4 Å². The van der Waals surface area contributed by atoms with Gasteiger partial charge in [-0.3, -0.25) is 4.79 Å². The van der Waals surface area contributed by atoms with Gasteiger partial charge in [-0.15, -0.1) is 0 Å². The SMILES string of the molecule is CC1(C)CC(NC(=O)C2(S(C)(=O)=O)CCNCC2)c2ccccc2O1. The number of benzene rings is 1. The highest BCUT2D eigenvalue weighted by molar-refractivity contribution is 7.92. The van der Waals surface area contributed by atoms with Crippen LogP contribution in [0.3, 0.4) is 0 Å². The second-order valence-electron chi connectivity index (χ2n) is 7.65. The fourth-order valence-corrected chi connectivity index (χ4v) is 5.16. The van der Waals surface area contributed by atoms with E-state index in [1.807, 2.05) is 38.1 Å². The molecule has 1 aromatic carbocycles. The second kappa shape index (κ2) is 6.29. The van der Waals surface area contributed by atoms with E-state index in [0.717, 1.165) is 11.3 Å². The summed E-state index contributed by atoms with van der Waals surface area (Å²) in [4.78, 5) is 13.1. The van der Waals surface area contributed by atoms with Crippen molar-refractivity contribution < 1.29 is 17.9 Å². The van der Waals surface area contributed by atoms with Crippen molar-refractivity contribution >= 4 is 15.7 Å². The van der Waals surface area contributed by atoms with Gasteiger partial charge in [0.25, 0.3) is 0 Å². The minimum absolute atomic E-state index is 0.263. The number of para-hydroxylation sites is 1. The smallest absolute Gasteiger partial charge is 0.242 e. The van der Waals surface area contributed by atoms with Crippen LogP contribution in [-0.4, -0.2) is 44.0 Å². The first-order chi connectivity index (χ1) is 11.6. The number of fused-ring (bicyclic) bond motifs is 1. The van der Waals surface area contributed by atoms with Crippen LogP contribution in [-0.2, 0) is 14.6 Å². The van der Waals surface area contributed by atoms with Gasteiger partial charge in [0.2, 0.25) is 5.91 Å². The van der Waals surface area contributed by atoms with Crippen molar-refractivity contribution in [2.24, 2.45) is 0 Å². The molecule has 0 saturated carbocycles. The first-order valence-electron chi connectivity index (χ1n) is 8.64. The summed E-state index contributed by atoms with van der Waals surface area (Å²) in [6, 6.07) is 7.33. The van der Waals surface area contributed by atoms with Crippen molar-refractivity contribution in [1.29, 1.82) is 0 Å². The number of amides is 1. The topological polar surface area (TPSA) is 84.5 Å². The molecule has 0 aromatic heterocycles. The minimum Gasteiger partial charge on any atom is -0.487 e. The minimum atomic E-state index is -3.53. The lowest BCUT2D eigenvalue weighted by atomic mass is 9.88. The van der Waals surface area contributed by atoms with E-state index in [9.17, 15) is 13.2 Å². The molecular formula is C18H26N2O4S. The van der Waals surface area contributed by atoms with Gasteiger partial charge in [-0.2, -0.15) is 0 Å². The summed E-state index contributed by atoms with van der Waals surface area (Å²) in [6.07, 6.45) is 2.35. The monoisotopic (exact) mass is 366 g/mol. The number of hydrogen-bond donors (Lipinski definition) is 2. The van der Waals surface area contributed by atoms with Crippen molar-refractivity contribution in [3.63, 3.8) is 0 Å². The van der Waals surface area contributed by atoms with Crippen LogP contribution in [0.2, 0.25) is 0 Å². The molecule has 0 bridgehead atoms. The van der Waals surface area contributed by atoms with Crippen molar-refractivity contribution in [2.75, 3.05) is 19.3 Å². The zero-order valence-electron chi connectivity index (χ0n) is 15.0. The van der Waals surface area contributed by atoms with Crippen molar-refractivity contribution in [2.45, 2.75) is 49.5 Å². The predicted molar refractivity (Wildman–Crippen MR) is 96.3 cm³/mol. The molecule has 1 atom stereocenters. The van der Waals surface area contributed by atoms with Gasteiger partial charge >= 0.3 is 0 Å². The molecule has 2 aliphatic rings. The first kappa shape index (κ1) is 18.2.